The van der Waals surface area contributed by atoms with Crippen molar-refractivity contribution in [3.63, 3.8) is 0 Å². The summed E-state index contributed by atoms with van der Waals surface area (Å²) in [5.74, 6) is 0. The van der Waals surface area contributed by atoms with Crippen LogP contribution < -0.4 is 0 Å². The van der Waals surface area contributed by atoms with Crippen molar-refractivity contribution < 1.29 is 5.11 Å². The Kier molecular flexibility index (Phi) is 5.99. The third kappa shape index (κ3) is 5.15. The van der Waals surface area contributed by atoms with E-state index in [1.165, 1.54) is 17.5 Å². The summed E-state index contributed by atoms with van der Waals surface area (Å²) >= 11 is 0. The molecule has 1 unspecified atom stereocenters. The van der Waals surface area contributed by atoms with E-state index in [4.69, 9.17) is 0 Å². The Morgan fingerprint density at radius 1 is 0.963 bits per heavy atom. The second-order valence-corrected chi connectivity index (χ2v) is 8.91. The van der Waals surface area contributed by atoms with Gasteiger partial charge in [-0.2, -0.15) is 5.10 Å². The van der Waals surface area contributed by atoms with Gasteiger partial charge in [-0.1, -0.05) is 50.6 Å². The molecule has 0 radical (unpaired) electrons. The number of aryl methyl sites for hydroxylation is 1. The lowest BCUT2D eigenvalue weighted by molar-refractivity contribution is -0.0990. The van der Waals surface area contributed by atoms with Gasteiger partial charge in [-0.15, -0.1) is 0 Å². The van der Waals surface area contributed by atoms with Crippen LogP contribution in [0.25, 0.3) is 0 Å². The van der Waals surface area contributed by atoms with E-state index < -0.39 is 5.60 Å². The van der Waals surface area contributed by atoms with E-state index in [1.54, 1.807) is 11.0 Å². The van der Waals surface area contributed by atoms with E-state index in [9.17, 15) is 5.11 Å². The number of aromatic nitrogens is 3. The van der Waals surface area contributed by atoms with Crippen LogP contribution in [0.15, 0.2) is 36.9 Å². The molecule has 1 aliphatic heterocycles. The average Bonchev–Trinajstić information content (AvgIpc) is 3.10. The number of rotatable bonds is 6. The molecule has 6 heteroatoms. The van der Waals surface area contributed by atoms with Gasteiger partial charge in [0.15, 0.2) is 0 Å². The maximum Gasteiger partial charge on any atom is 0.137 e. The van der Waals surface area contributed by atoms with Crippen LogP contribution in [0.4, 0.5) is 0 Å². The summed E-state index contributed by atoms with van der Waals surface area (Å²) in [5, 5.41) is 15.6. The van der Waals surface area contributed by atoms with Crippen molar-refractivity contribution >= 4 is 0 Å². The summed E-state index contributed by atoms with van der Waals surface area (Å²) in [6.45, 7) is 14.5. The van der Waals surface area contributed by atoms with Gasteiger partial charge in [-0.25, -0.2) is 4.98 Å². The van der Waals surface area contributed by atoms with Gasteiger partial charge in [-0.3, -0.25) is 14.5 Å². The molecule has 1 saturated heterocycles. The highest BCUT2D eigenvalue weighted by Crippen LogP contribution is 2.33. The van der Waals surface area contributed by atoms with Crippen molar-refractivity contribution in [1.29, 1.82) is 0 Å². The number of benzene rings is 1. The van der Waals surface area contributed by atoms with Crippen LogP contribution in [0.3, 0.4) is 0 Å². The smallest absolute Gasteiger partial charge is 0.137 e. The summed E-state index contributed by atoms with van der Waals surface area (Å²) in [6, 6.07) is 8.80. The first kappa shape index (κ1) is 20.0. The third-order valence-corrected chi connectivity index (χ3v) is 5.76. The molecule has 1 aromatic carbocycles. The molecule has 0 spiro atoms. The van der Waals surface area contributed by atoms with Gasteiger partial charge in [-0.05, 0) is 17.9 Å². The largest absolute Gasteiger partial charge is 0.386 e. The topological polar surface area (TPSA) is 57.4 Å². The van der Waals surface area contributed by atoms with Crippen LogP contribution in [0.5, 0.6) is 0 Å². The summed E-state index contributed by atoms with van der Waals surface area (Å²) in [4.78, 5) is 8.89. The molecule has 2 aromatic rings. The lowest BCUT2D eigenvalue weighted by Crippen LogP contribution is -2.58. The fraction of sp³-hybridized carbons (Fsp3) is 0.619. The predicted octanol–water partition coefficient (Wildman–Crippen LogP) is 2.18. The van der Waals surface area contributed by atoms with Crippen LogP contribution in [0.2, 0.25) is 0 Å². The fourth-order valence-electron chi connectivity index (χ4n) is 3.53. The SMILES string of the molecule is Cc1ccc(CN2CCN(CC(O)(Cn3cncn3)C(C)(C)C)CC2)cc1. The Balaban J connectivity index is 1.56. The van der Waals surface area contributed by atoms with E-state index in [0.717, 1.165) is 32.7 Å². The van der Waals surface area contributed by atoms with Crippen molar-refractivity contribution in [2.75, 3.05) is 32.7 Å². The van der Waals surface area contributed by atoms with Gasteiger partial charge >= 0.3 is 0 Å². The van der Waals surface area contributed by atoms with E-state index in [1.807, 2.05) is 0 Å². The Morgan fingerprint density at radius 2 is 1.59 bits per heavy atom. The van der Waals surface area contributed by atoms with Gasteiger partial charge in [0.1, 0.15) is 18.3 Å². The molecule has 6 nitrogen and oxygen atoms in total. The van der Waals surface area contributed by atoms with E-state index in [2.05, 4.69) is 71.8 Å². The quantitative estimate of drug-likeness (QED) is 0.843. The van der Waals surface area contributed by atoms with Crippen molar-refractivity contribution in [3.8, 4) is 0 Å². The van der Waals surface area contributed by atoms with Crippen LogP contribution in [0, 0.1) is 12.3 Å². The number of aliphatic hydroxyl groups is 1. The Labute approximate surface area is 162 Å². The van der Waals surface area contributed by atoms with Crippen LogP contribution in [-0.2, 0) is 13.1 Å². The van der Waals surface area contributed by atoms with Crippen molar-refractivity contribution in [3.05, 3.63) is 48.0 Å². The minimum atomic E-state index is -0.861. The Bertz CT molecular complexity index is 699. The molecule has 1 fully saturated rings. The molecule has 0 aliphatic carbocycles. The molecule has 0 bridgehead atoms. The van der Waals surface area contributed by atoms with E-state index in [-0.39, 0.29) is 5.41 Å². The van der Waals surface area contributed by atoms with E-state index >= 15 is 0 Å². The first-order valence-corrected chi connectivity index (χ1v) is 9.80. The first-order valence-electron chi connectivity index (χ1n) is 9.80. The molecule has 0 amide bonds. The fourth-order valence-corrected chi connectivity index (χ4v) is 3.53. The monoisotopic (exact) mass is 371 g/mol. The average molecular weight is 372 g/mol. The molecule has 1 atom stereocenters. The lowest BCUT2D eigenvalue weighted by atomic mass is 9.76. The maximum absolute atomic E-state index is 11.5. The summed E-state index contributed by atoms with van der Waals surface area (Å²) in [5.41, 5.74) is 1.56. The Morgan fingerprint density at radius 3 is 2.15 bits per heavy atom. The zero-order valence-electron chi connectivity index (χ0n) is 17.1. The number of piperazine rings is 1. The number of β-amino-alcohol motifs (C(OH)–C–C–N with tert-alkyl or cyclic N) is 1. The normalized spacial score (nSPS) is 19.1. The molecule has 1 aromatic heterocycles. The summed E-state index contributed by atoms with van der Waals surface area (Å²) in [7, 11) is 0. The number of hydrogen-bond acceptors (Lipinski definition) is 5. The molecular formula is C21H33N5O. The van der Waals surface area contributed by atoms with Gasteiger partial charge < -0.3 is 5.11 Å². The highest BCUT2D eigenvalue weighted by atomic mass is 16.3. The van der Waals surface area contributed by atoms with Crippen molar-refractivity contribution in [1.82, 2.24) is 24.6 Å². The second-order valence-electron chi connectivity index (χ2n) is 8.91. The predicted molar refractivity (Wildman–Crippen MR) is 107 cm³/mol. The first-order chi connectivity index (χ1) is 12.7. The molecule has 148 valence electrons. The van der Waals surface area contributed by atoms with Crippen molar-refractivity contribution in [2.45, 2.75) is 46.4 Å². The lowest BCUT2D eigenvalue weighted by Gasteiger charge is -2.45. The highest BCUT2D eigenvalue weighted by Gasteiger charge is 2.42. The van der Waals surface area contributed by atoms with Crippen LogP contribution >= 0.6 is 0 Å². The Hall–Kier alpha value is -1.76. The maximum atomic E-state index is 11.5. The number of hydrogen-bond donors (Lipinski definition) is 1. The summed E-state index contributed by atoms with van der Waals surface area (Å²) < 4.78 is 1.74. The molecule has 2 heterocycles. The number of nitrogens with zero attached hydrogens (tertiary/aromatic N) is 5. The van der Waals surface area contributed by atoms with Gasteiger partial charge in [0, 0.05) is 39.3 Å². The van der Waals surface area contributed by atoms with E-state index in [0.29, 0.717) is 13.1 Å². The second kappa shape index (κ2) is 8.09. The standard InChI is InChI=1S/C21H33N5O/c1-18-5-7-19(8-6-18)13-24-9-11-25(12-10-24)14-21(27,20(2,3)4)15-26-17-22-16-23-26/h5-8,16-17,27H,9-15H2,1-4H3. The highest BCUT2D eigenvalue weighted by molar-refractivity contribution is 5.21. The zero-order valence-corrected chi connectivity index (χ0v) is 17.1. The minimum absolute atomic E-state index is 0.252. The zero-order chi connectivity index (χ0) is 19.5. The van der Waals surface area contributed by atoms with Crippen LogP contribution in [0.1, 0.15) is 31.9 Å². The van der Waals surface area contributed by atoms with Gasteiger partial charge in [0.2, 0.25) is 0 Å². The molecule has 27 heavy (non-hydrogen) atoms. The minimum Gasteiger partial charge on any atom is -0.386 e. The van der Waals surface area contributed by atoms with Gasteiger partial charge in [0.25, 0.3) is 0 Å². The molecule has 1 aliphatic rings. The third-order valence-electron chi connectivity index (χ3n) is 5.76. The molecular weight excluding hydrogens is 338 g/mol. The van der Waals surface area contributed by atoms with Crippen molar-refractivity contribution in [2.24, 2.45) is 5.41 Å². The molecule has 3 rings (SSSR count). The summed E-state index contributed by atoms with van der Waals surface area (Å²) in [6.07, 6.45) is 3.20. The molecule has 0 saturated carbocycles. The van der Waals surface area contributed by atoms with Gasteiger partial charge in [0.05, 0.1) is 6.54 Å². The van der Waals surface area contributed by atoms with Crippen LogP contribution in [-0.4, -0.2) is 68.0 Å². The molecule has 1 N–H and O–H groups in total.